The van der Waals surface area contributed by atoms with E-state index in [1.165, 1.54) is 12.4 Å². The molecule has 0 aliphatic carbocycles. The predicted molar refractivity (Wildman–Crippen MR) is 117 cm³/mol. The molecule has 0 aliphatic rings. The SMILES string of the molecule is O=[N+]([O-])On1ccnc1CCc1ccc(Cl)c(OCCCOc2ccc(Cl)cc2)c1Cl. The number of hydrogen-bond donors (Lipinski definition) is 0. The van der Waals surface area contributed by atoms with Gasteiger partial charge in [0.05, 0.1) is 29.5 Å². The van der Waals surface area contributed by atoms with Crippen molar-refractivity contribution in [1.82, 2.24) is 9.71 Å². The zero-order valence-corrected chi connectivity index (χ0v) is 18.4. The van der Waals surface area contributed by atoms with Crippen molar-refractivity contribution in [2.24, 2.45) is 0 Å². The van der Waals surface area contributed by atoms with Crippen molar-refractivity contribution in [2.75, 3.05) is 13.2 Å². The highest BCUT2D eigenvalue weighted by atomic mass is 35.5. The molecular formula is C20H18Cl3N3O5. The molecule has 0 amide bonds. The Bertz CT molecular complexity index is 1030. The first-order valence-electron chi connectivity index (χ1n) is 9.27. The average Bonchev–Trinajstić information content (AvgIpc) is 3.17. The molecule has 0 spiro atoms. The van der Waals surface area contributed by atoms with Crippen LogP contribution in [0.2, 0.25) is 15.1 Å². The van der Waals surface area contributed by atoms with E-state index in [4.69, 9.17) is 44.3 Å². The van der Waals surface area contributed by atoms with Crippen molar-refractivity contribution in [1.29, 1.82) is 0 Å². The van der Waals surface area contributed by atoms with E-state index in [1.54, 1.807) is 36.4 Å². The van der Waals surface area contributed by atoms with Crippen LogP contribution in [0.4, 0.5) is 0 Å². The van der Waals surface area contributed by atoms with Crippen LogP contribution in [-0.2, 0) is 12.8 Å². The van der Waals surface area contributed by atoms with Crippen molar-refractivity contribution in [3.63, 3.8) is 0 Å². The van der Waals surface area contributed by atoms with Gasteiger partial charge in [-0.3, -0.25) is 0 Å². The number of ether oxygens (including phenoxy) is 2. The molecule has 2 aromatic carbocycles. The number of imidazole rings is 1. The second-order valence-electron chi connectivity index (χ2n) is 6.33. The summed E-state index contributed by atoms with van der Waals surface area (Å²) >= 11 is 18.6. The molecule has 0 saturated heterocycles. The third-order valence-electron chi connectivity index (χ3n) is 4.20. The number of halogens is 3. The van der Waals surface area contributed by atoms with E-state index in [9.17, 15) is 10.1 Å². The number of nitrogens with zero attached hydrogens (tertiary/aromatic N) is 3. The Kier molecular flexibility index (Phi) is 8.22. The largest absolute Gasteiger partial charge is 0.493 e. The standard InChI is InChI=1S/C20H18Cl3N3O5/c21-15-4-6-16(7-5-15)29-12-1-13-30-20-17(22)8-2-14(19(20)23)3-9-18-24-10-11-25(18)31-26(27)28/h2,4-8,10-11H,1,3,9,12-13H2. The van der Waals surface area contributed by atoms with Crippen LogP contribution in [0.15, 0.2) is 48.8 Å². The van der Waals surface area contributed by atoms with Gasteiger partial charge in [-0.25, -0.2) is 15.1 Å². The Hall–Kier alpha value is -2.68. The zero-order valence-electron chi connectivity index (χ0n) is 16.2. The molecule has 0 saturated carbocycles. The lowest BCUT2D eigenvalue weighted by atomic mass is 10.1. The zero-order chi connectivity index (χ0) is 22.2. The molecule has 0 aliphatic heterocycles. The van der Waals surface area contributed by atoms with Crippen molar-refractivity contribution in [2.45, 2.75) is 19.3 Å². The van der Waals surface area contributed by atoms with Crippen LogP contribution in [0.3, 0.4) is 0 Å². The summed E-state index contributed by atoms with van der Waals surface area (Å²) < 4.78 is 12.4. The minimum Gasteiger partial charge on any atom is -0.493 e. The van der Waals surface area contributed by atoms with Gasteiger partial charge in [-0.15, -0.1) is 0 Å². The minimum absolute atomic E-state index is 0.359. The minimum atomic E-state index is -0.900. The van der Waals surface area contributed by atoms with E-state index >= 15 is 0 Å². The van der Waals surface area contributed by atoms with E-state index in [0.717, 1.165) is 16.0 Å². The summed E-state index contributed by atoms with van der Waals surface area (Å²) in [7, 11) is 0. The molecule has 164 valence electrons. The highest BCUT2D eigenvalue weighted by Gasteiger charge is 2.15. The molecule has 0 atom stereocenters. The predicted octanol–water partition coefficient (Wildman–Crippen LogP) is 5.10. The van der Waals surface area contributed by atoms with Crippen LogP contribution in [0.25, 0.3) is 0 Å². The Morgan fingerprint density at radius 2 is 1.74 bits per heavy atom. The topological polar surface area (TPSA) is 88.7 Å². The first-order chi connectivity index (χ1) is 14.9. The molecule has 31 heavy (non-hydrogen) atoms. The maximum absolute atomic E-state index is 10.5. The lowest BCUT2D eigenvalue weighted by Crippen LogP contribution is -2.19. The maximum atomic E-state index is 10.5. The number of rotatable bonds is 11. The molecule has 3 aromatic rings. The fourth-order valence-electron chi connectivity index (χ4n) is 2.74. The Morgan fingerprint density at radius 3 is 2.48 bits per heavy atom. The quantitative estimate of drug-likeness (QED) is 0.213. The average molecular weight is 487 g/mol. The second kappa shape index (κ2) is 11.1. The molecule has 1 heterocycles. The lowest BCUT2D eigenvalue weighted by Gasteiger charge is -2.13. The van der Waals surface area contributed by atoms with Crippen molar-refractivity contribution >= 4 is 34.8 Å². The fraction of sp³-hybridized carbons (Fsp3) is 0.250. The fourth-order valence-corrected chi connectivity index (χ4v) is 3.44. The van der Waals surface area contributed by atoms with Gasteiger partial charge in [-0.05, 0) is 42.3 Å². The second-order valence-corrected chi connectivity index (χ2v) is 7.55. The van der Waals surface area contributed by atoms with Crippen molar-refractivity contribution in [3.8, 4) is 11.5 Å². The number of aromatic nitrogens is 2. The first kappa shape index (κ1) is 23.0. The molecule has 0 radical (unpaired) electrons. The van der Waals surface area contributed by atoms with E-state index < -0.39 is 5.09 Å². The Labute approximate surface area is 193 Å². The van der Waals surface area contributed by atoms with Crippen molar-refractivity contribution in [3.05, 3.63) is 85.4 Å². The van der Waals surface area contributed by atoms with Gasteiger partial charge in [-0.1, -0.05) is 45.6 Å². The monoisotopic (exact) mass is 485 g/mol. The van der Waals surface area contributed by atoms with E-state index in [2.05, 4.69) is 9.92 Å². The molecule has 0 bridgehead atoms. The smallest absolute Gasteiger partial charge is 0.225 e. The molecule has 0 unspecified atom stereocenters. The molecule has 1 aromatic heterocycles. The maximum Gasteiger partial charge on any atom is 0.225 e. The van der Waals surface area contributed by atoms with E-state index in [1.807, 2.05) is 0 Å². The first-order valence-corrected chi connectivity index (χ1v) is 10.4. The molecule has 0 fully saturated rings. The third kappa shape index (κ3) is 6.65. The van der Waals surface area contributed by atoms with Gasteiger partial charge < -0.3 is 9.47 Å². The summed E-state index contributed by atoms with van der Waals surface area (Å²) in [5.41, 5.74) is 0.772. The number of hydrogen-bond acceptors (Lipinski definition) is 6. The molecular weight excluding hydrogens is 469 g/mol. The summed E-state index contributed by atoms with van der Waals surface area (Å²) in [4.78, 5) is 19.0. The van der Waals surface area contributed by atoms with E-state index in [0.29, 0.717) is 59.1 Å². The van der Waals surface area contributed by atoms with Gasteiger partial charge in [0.2, 0.25) is 5.82 Å². The Balaban J connectivity index is 1.53. The Morgan fingerprint density at radius 1 is 1.00 bits per heavy atom. The summed E-state index contributed by atoms with van der Waals surface area (Å²) in [6, 6.07) is 10.6. The molecule has 8 nitrogen and oxygen atoms in total. The molecule has 3 rings (SSSR count). The number of benzene rings is 2. The summed E-state index contributed by atoms with van der Waals surface area (Å²) in [5.74, 6) is 1.50. The van der Waals surface area contributed by atoms with Gasteiger partial charge in [0, 0.05) is 17.9 Å². The van der Waals surface area contributed by atoms with Crippen LogP contribution >= 0.6 is 34.8 Å². The van der Waals surface area contributed by atoms with Crippen LogP contribution in [0.5, 0.6) is 11.5 Å². The summed E-state index contributed by atoms with van der Waals surface area (Å²) in [6.45, 7) is 0.813. The summed E-state index contributed by atoms with van der Waals surface area (Å²) in [6.07, 6.45) is 4.24. The highest BCUT2D eigenvalue weighted by Crippen LogP contribution is 2.36. The molecule has 0 N–H and O–H groups in total. The van der Waals surface area contributed by atoms with Gasteiger partial charge in [0.25, 0.3) is 0 Å². The van der Waals surface area contributed by atoms with Crippen LogP contribution in [-0.4, -0.2) is 28.0 Å². The highest BCUT2D eigenvalue weighted by molar-refractivity contribution is 6.37. The van der Waals surface area contributed by atoms with Gasteiger partial charge in [0.1, 0.15) is 11.9 Å². The van der Waals surface area contributed by atoms with E-state index in [-0.39, 0.29) is 0 Å². The van der Waals surface area contributed by atoms with Crippen LogP contribution in [0.1, 0.15) is 17.8 Å². The summed E-state index contributed by atoms with van der Waals surface area (Å²) in [5, 5.41) is 11.1. The van der Waals surface area contributed by atoms with Gasteiger partial charge in [0.15, 0.2) is 10.8 Å². The van der Waals surface area contributed by atoms with Crippen molar-refractivity contribution < 1.29 is 19.5 Å². The van der Waals surface area contributed by atoms with Gasteiger partial charge in [-0.2, -0.15) is 4.94 Å². The number of aryl methyl sites for hydroxylation is 2. The van der Waals surface area contributed by atoms with Gasteiger partial charge >= 0.3 is 0 Å². The van der Waals surface area contributed by atoms with Crippen LogP contribution < -0.4 is 14.4 Å². The molecule has 11 heteroatoms. The van der Waals surface area contributed by atoms with Crippen LogP contribution in [0, 0.1) is 10.1 Å². The third-order valence-corrected chi connectivity index (χ3v) is 5.16. The normalized spacial score (nSPS) is 10.7. The lowest BCUT2D eigenvalue weighted by molar-refractivity contribution is -0.749.